The number of nitrogens with zero attached hydrogens (tertiary/aromatic N) is 2. The normalized spacial score (nSPS) is 12.1. The molecule has 208 valence electrons. The highest BCUT2D eigenvalue weighted by molar-refractivity contribution is 7.92. The van der Waals surface area contributed by atoms with E-state index in [0.29, 0.717) is 22.2 Å². The lowest BCUT2D eigenvalue weighted by Crippen LogP contribution is -2.51. The van der Waals surface area contributed by atoms with Gasteiger partial charge in [0.15, 0.2) is 0 Å². The van der Waals surface area contributed by atoms with Gasteiger partial charge in [0.2, 0.25) is 11.8 Å². The van der Waals surface area contributed by atoms with E-state index in [9.17, 15) is 18.0 Å². The fourth-order valence-corrected chi connectivity index (χ4v) is 5.98. The lowest BCUT2D eigenvalue weighted by atomic mass is 10.1. The van der Waals surface area contributed by atoms with E-state index >= 15 is 0 Å². The molecule has 0 aliphatic carbocycles. The van der Waals surface area contributed by atoms with E-state index in [1.807, 2.05) is 6.92 Å². The van der Waals surface area contributed by atoms with Crippen molar-refractivity contribution in [3.63, 3.8) is 0 Å². The average Bonchev–Trinajstić information content (AvgIpc) is 2.88. The van der Waals surface area contributed by atoms with E-state index in [1.165, 1.54) is 35.2 Å². The minimum absolute atomic E-state index is 0.0237. The highest BCUT2D eigenvalue weighted by Gasteiger charge is 2.33. The molecule has 39 heavy (non-hydrogen) atoms. The zero-order chi connectivity index (χ0) is 28.9. The van der Waals surface area contributed by atoms with Gasteiger partial charge in [-0.3, -0.25) is 13.9 Å². The van der Waals surface area contributed by atoms with Crippen molar-refractivity contribution in [1.29, 1.82) is 0 Å². The van der Waals surface area contributed by atoms with Gasteiger partial charge in [-0.05, 0) is 63.2 Å². The Balaban J connectivity index is 2.09. The molecule has 0 radical (unpaired) electrons. The largest absolute Gasteiger partial charge is 0.355 e. The molecule has 0 heterocycles. The number of rotatable bonds is 10. The Kier molecular flexibility index (Phi) is 10.5. The Morgan fingerprint density at radius 3 is 2.08 bits per heavy atom. The van der Waals surface area contributed by atoms with Crippen molar-refractivity contribution < 1.29 is 18.0 Å². The van der Waals surface area contributed by atoms with Crippen molar-refractivity contribution in [2.24, 2.45) is 0 Å². The van der Waals surface area contributed by atoms with Crippen molar-refractivity contribution in [1.82, 2.24) is 10.2 Å². The third-order valence-corrected chi connectivity index (χ3v) is 9.22. The van der Waals surface area contributed by atoms with Crippen molar-refractivity contribution in [3.05, 3.63) is 91.9 Å². The van der Waals surface area contributed by atoms with Gasteiger partial charge in [-0.1, -0.05) is 70.2 Å². The van der Waals surface area contributed by atoms with Crippen LogP contribution in [0.5, 0.6) is 0 Å². The molecule has 0 aromatic heterocycles. The quantitative estimate of drug-likeness (QED) is 0.283. The van der Waals surface area contributed by atoms with Gasteiger partial charge in [0, 0.05) is 28.7 Å². The van der Waals surface area contributed by atoms with E-state index in [-0.39, 0.29) is 27.2 Å². The fourth-order valence-electron chi connectivity index (χ4n) is 3.76. The Hall–Kier alpha value is -2.49. The molecule has 12 heteroatoms. The molecule has 0 aliphatic heterocycles. The maximum Gasteiger partial charge on any atom is 0.264 e. The number of nitrogens with one attached hydrogen (secondary N) is 1. The van der Waals surface area contributed by atoms with E-state index in [1.54, 1.807) is 44.2 Å². The Morgan fingerprint density at radius 1 is 0.897 bits per heavy atom. The lowest BCUT2D eigenvalue weighted by molar-refractivity contribution is -0.139. The Morgan fingerprint density at radius 2 is 1.51 bits per heavy atom. The van der Waals surface area contributed by atoms with Crippen LogP contribution in [-0.2, 0) is 26.2 Å². The number of likely N-dealkylation sites (N-methyl/N-ethyl adjacent to an activating group) is 1. The zero-order valence-corrected chi connectivity index (χ0v) is 25.3. The van der Waals surface area contributed by atoms with E-state index < -0.39 is 34.4 Å². The van der Waals surface area contributed by atoms with Crippen LogP contribution in [0.1, 0.15) is 25.0 Å². The standard InChI is InChI=1S/C27H27Cl4N3O4S/c1-4-32-27(36)18(3)33(15-21-22(28)6-5-7-23(21)29)26(35)16-34(19-10-13-24(30)25(31)14-19)39(37,38)20-11-8-17(2)9-12-20/h5-14,18H,4,15-16H2,1-3H3,(H,32,36)/t18-/m1/s1. The number of benzene rings is 3. The summed E-state index contributed by atoms with van der Waals surface area (Å²) >= 11 is 25.0. The third-order valence-electron chi connectivity index (χ3n) is 5.99. The van der Waals surface area contributed by atoms with Crippen LogP contribution >= 0.6 is 46.4 Å². The van der Waals surface area contributed by atoms with Crippen LogP contribution in [0, 0.1) is 6.92 Å². The molecule has 0 saturated carbocycles. The maximum atomic E-state index is 13.9. The molecule has 1 N–H and O–H groups in total. The first-order valence-corrected chi connectivity index (χ1v) is 14.9. The highest BCUT2D eigenvalue weighted by Crippen LogP contribution is 2.32. The summed E-state index contributed by atoms with van der Waals surface area (Å²) in [6.45, 7) is 4.70. The topological polar surface area (TPSA) is 86.8 Å². The van der Waals surface area contributed by atoms with Crippen molar-refractivity contribution in [2.75, 3.05) is 17.4 Å². The van der Waals surface area contributed by atoms with Crippen molar-refractivity contribution >= 4 is 73.9 Å². The fraction of sp³-hybridized carbons (Fsp3) is 0.259. The molecule has 3 aromatic rings. The number of sulfonamides is 1. The molecule has 0 aliphatic rings. The van der Waals surface area contributed by atoms with E-state index in [4.69, 9.17) is 46.4 Å². The van der Waals surface area contributed by atoms with Crippen LogP contribution in [0.3, 0.4) is 0 Å². The predicted molar refractivity (Wildman–Crippen MR) is 157 cm³/mol. The van der Waals surface area contributed by atoms with E-state index in [2.05, 4.69) is 5.32 Å². The van der Waals surface area contributed by atoms with Gasteiger partial charge in [0.25, 0.3) is 10.0 Å². The second-order valence-corrected chi connectivity index (χ2v) is 12.2. The van der Waals surface area contributed by atoms with E-state index in [0.717, 1.165) is 9.87 Å². The summed E-state index contributed by atoms with van der Waals surface area (Å²) in [7, 11) is -4.24. The summed E-state index contributed by atoms with van der Waals surface area (Å²) in [5.74, 6) is -1.08. The summed E-state index contributed by atoms with van der Waals surface area (Å²) in [6, 6.07) is 14.4. The Labute approximate surface area is 248 Å². The second-order valence-electron chi connectivity index (χ2n) is 8.72. The minimum atomic E-state index is -4.24. The number of carbonyl (C=O) groups excluding carboxylic acids is 2. The molecule has 3 rings (SSSR count). The lowest BCUT2D eigenvalue weighted by Gasteiger charge is -2.32. The minimum Gasteiger partial charge on any atom is -0.355 e. The summed E-state index contributed by atoms with van der Waals surface area (Å²) < 4.78 is 28.6. The number of hydrogen-bond acceptors (Lipinski definition) is 4. The molecular weight excluding hydrogens is 604 g/mol. The first-order chi connectivity index (χ1) is 18.4. The summed E-state index contributed by atoms with van der Waals surface area (Å²) in [4.78, 5) is 27.9. The summed E-state index contributed by atoms with van der Waals surface area (Å²) in [5.41, 5.74) is 1.41. The monoisotopic (exact) mass is 629 g/mol. The van der Waals surface area contributed by atoms with Crippen LogP contribution in [0.15, 0.2) is 65.6 Å². The zero-order valence-electron chi connectivity index (χ0n) is 21.4. The predicted octanol–water partition coefficient (Wildman–Crippen LogP) is 6.36. The molecular formula is C27H27Cl4N3O4S. The van der Waals surface area contributed by atoms with Gasteiger partial charge >= 0.3 is 0 Å². The molecule has 0 saturated heterocycles. The number of aryl methyl sites for hydroxylation is 1. The van der Waals surface area contributed by atoms with Crippen molar-refractivity contribution in [3.8, 4) is 0 Å². The summed E-state index contributed by atoms with van der Waals surface area (Å²) in [6.07, 6.45) is 0. The molecule has 0 spiro atoms. The molecule has 7 nitrogen and oxygen atoms in total. The van der Waals surface area contributed by atoms with Crippen LogP contribution in [0.25, 0.3) is 0 Å². The van der Waals surface area contributed by atoms with Crippen LogP contribution in [-0.4, -0.2) is 44.3 Å². The maximum absolute atomic E-state index is 13.9. The Bertz CT molecular complexity index is 1450. The summed E-state index contributed by atoms with van der Waals surface area (Å²) in [5, 5.41) is 3.63. The average molecular weight is 631 g/mol. The van der Waals surface area contributed by atoms with Gasteiger partial charge in [0.1, 0.15) is 12.6 Å². The van der Waals surface area contributed by atoms with Crippen molar-refractivity contribution in [2.45, 2.75) is 38.3 Å². The van der Waals surface area contributed by atoms with Gasteiger partial charge in [-0.2, -0.15) is 0 Å². The molecule has 3 aromatic carbocycles. The second kappa shape index (κ2) is 13.2. The molecule has 0 unspecified atom stereocenters. The number of hydrogen-bond donors (Lipinski definition) is 1. The van der Waals surface area contributed by atoms with Gasteiger partial charge in [0.05, 0.1) is 20.6 Å². The first kappa shape index (κ1) is 31.0. The van der Waals surface area contributed by atoms with Gasteiger partial charge < -0.3 is 10.2 Å². The first-order valence-electron chi connectivity index (χ1n) is 11.9. The smallest absolute Gasteiger partial charge is 0.264 e. The number of amides is 2. The molecule has 1 atom stereocenters. The molecule has 2 amide bonds. The third kappa shape index (κ3) is 7.38. The molecule has 0 bridgehead atoms. The van der Waals surface area contributed by atoms with Gasteiger partial charge in [-0.15, -0.1) is 0 Å². The SMILES string of the molecule is CCNC(=O)[C@@H](C)N(Cc1c(Cl)cccc1Cl)C(=O)CN(c1ccc(Cl)c(Cl)c1)S(=O)(=O)c1ccc(C)cc1. The van der Waals surface area contributed by atoms with Crippen LogP contribution in [0.4, 0.5) is 5.69 Å². The number of carbonyl (C=O) groups is 2. The van der Waals surface area contributed by atoms with Gasteiger partial charge in [-0.25, -0.2) is 8.42 Å². The number of halogens is 4. The number of anilines is 1. The highest BCUT2D eigenvalue weighted by atomic mass is 35.5. The molecule has 0 fully saturated rings. The van der Waals surface area contributed by atoms with Crippen LogP contribution < -0.4 is 9.62 Å². The van der Waals surface area contributed by atoms with Crippen LogP contribution in [0.2, 0.25) is 20.1 Å².